The van der Waals surface area contributed by atoms with E-state index in [1.807, 2.05) is 55.5 Å². The summed E-state index contributed by atoms with van der Waals surface area (Å²) in [7, 11) is 0. The van der Waals surface area contributed by atoms with Gasteiger partial charge in [0, 0.05) is 0 Å². The highest BCUT2D eigenvalue weighted by Crippen LogP contribution is 2.17. The summed E-state index contributed by atoms with van der Waals surface area (Å²) >= 11 is 0. The van der Waals surface area contributed by atoms with E-state index >= 15 is 0 Å². The van der Waals surface area contributed by atoms with E-state index in [-0.39, 0.29) is 0 Å². The highest BCUT2D eigenvalue weighted by molar-refractivity contribution is 5.71. The minimum atomic E-state index is 0.302. The lowest BCUT2D eigenvalue weighted by molar-refractivity contribution is 0.475. The molecule has 0 saturated carbocycles. The van der Waals surface area contributed by atoms with Crippen LogP contribution in [0.25, 0.3) is 18.2 Å². The number of phenols is 1. The highest BCUT2D eigenvalue weighted by atomic mass is 16.3. The number of rotatable bonds is 3. The van der Waals surface area contributed by atoms with Gasteiger partial charge in [0.15, 0.2) is 0 Å². The standard InChI is InChI=1S/C17H16O/c1-3-14-4-6-15(7-5-14)8-9-16-10-13(2)11-17(18)12-16/h3-12,18H,1H2,2H3/b9-8+. The van der Waals surface area contributed by atoms with Crippen LogP contribution in [0.5, 0.6) is 5.75 Å². The van der Waals surface area contributed by atoms with Crippen LogP contribution in [-0.4, -0.2) is 5.11 Å². The second-order valence-electron chi connectivity index (χ2n) is 4.31. The van der Waals surface area contributed by atoms with Crippen molar-refractivity contribution < 1.29 is 5.11 Å². The first-order valence-corrected chi connectivity index (χ1v) is 5.88. The first-order valence-electron chi connectivity index (χ1n) is 5.88. The third kappa shape index (κ3) is 3.11. The van der Waals surface area contributed by atoms with Gasteiger partial charge in [-0.2, -0.15) is 0 Å². The Hall–Kier alpha value is -2.28. The SMILES string of the molecule is C=Cc1ccc(/C=C/c2cc(C)cc(O)c2)cc1. The van der Waals surface area contributed by atoms with Crippen molar-refractivity contribution in [2.45, 2.75) is 6.92 Å². The van der Waals surface area contributed by atoms with E-state index in [9.17, 15) is 5.11 Å². The van der Waals surface area contributed by atoms with Crippen LogP contribution in [0.1, 0.15) is 22.3 Å². The van der Waals surface area contributed by atoms with Crippen LogP contribution in [0.4, 0.5) is 0 Å². The van der Waals surface area contributed by atoms with E-state index in [2.05, 4.69) is 6.58 Å². The summed E-state index contributed by atoms with van der Waals surface area (Å²) in [5, 5.41) is 9.51. The van der Waals surface area contributed by atoms with Crippen LogP contribution in [0.3, 0.4) is 0 Å². The zero-order valence-corrected chi connectivity index (χ0v) is 10.4. The Morgan fingerprint density at radius 1 is 0.889 bits per heavy atom. The molecule has 0 unspecified atom stereocenters. The smallest absolute Gasteiger partial charge is 0.116 e. The third-order valence-electron chi connectivity index (χ3n) is 2.72. The maximum atomic E-state index is 9.51. The largest absolute Gasteiger partial charge is 0.508 e. The quantitative estimate of drug-likeness (QED) is 0.777. The lowest BCUT2D eigenvalue weighted by Crippen LogP contribution is -1.77. The zero-order chi connectivity index (χ0) is 13.0. The Morgan fingerprint density at radius 3 is 2.11 bits per heavy atom. The average molecular weight is 236 g/mol. The maximum absolute atomic E-state index is 9.51. The molecule has 0 saturated heterocycles. The number of phenolic OH excluding ortho intramolecular Hbond substituents is 1. The normalized spacial score (nSPS) is 10.7. The fourth-order valence-corrected chi connectivity index (χ4v) is 1.82. The maximum Gasteiger partial charge on any atom is 0.116 e. The van der Waals surface area contributed by atoms with E-state index in [1.54, 1.807) is 12.1 Å². The number of hydrogen-bond acceptors (Lipinski definition) is 1. The number of benzene rings is 2. The molecule has 2 aromatic rings. The first-order chi connectivity index (χ1) is 8.67. The minimum absolute atomic E-state index is 0.302. The molecule has 0 aliphatic carbocycles. The summed E-state index contributed by atoms with van der Waals surface area (Å²) in [4.78, 5) is 0. The lowest BCUT2D eigenvalue weighted by atomic mass is 10.1. The van der Waals surface area contributed by atoms with Crippen molar-refractivity contribution in [1.82, 2.24) is 0 Å². The molecule has 0 aliphatic heterocycles. The molecule has 0 fully saturated rings. The molecule has 0 aliphatic rings. The van der Waals surface area contributed by atoms with Crippen molar-refractivity contribution in [3.05, 3.63) is 71.3 Å². The van der Waals surface area contributed by atoms with Crippen LogP contribution in [0.2, 0.25) is 0 Å². The predicted octanol–water partition coefficient (Wildman–Crippen LogP) is 4.51. The monoisotopic (exact) mass is 236 g/mol. The molecule has 1 nitrogen and oxygen atoms in total. The molecule has 18 heavy (non-hydrogen) atoms. The van der Waals surface area contributed by atoms with Gasteiger partial charge in [0.05, 0.1) is 0 Å². The zero-order valence-electron chi connectivity index (χ0n) is 10.4. The van der Waals surface area contributed by atoms with Gasteiger partial charge in [0.2, 0.25) is 0 Å². The van der Waals surface area contributed by atoms with Gasteiger partial charge in [-0.1, -0.05) is 55.1 Å². The van der Waals surface area contributed by atoms with Crippen molar-refractivity contribution in [2.75, 3.05) is 0 Å². The molecule has 90 valence electrons. The van der Waals surface area contributed by atoms with Crippen LogP contribution in [0, 0.1) is 6.92 Å². The van der Waals surface area contributed by atoms with Gasteiger partial charge in [-0.3, -0.25) is 0 Å². The van der Waals surface area contributed by atoms with Crippen molar-refractivity contribution in [3.63, 3.8) is 0 Å². The summed E-state index contributed by atoms with van der Waals surface area (Å²) in [5.41, 5.74) is 4.29. The lowest BCUT2D eigenvalue weighted by Gasteiger charge is -1.99. The molecule has 0 amide bonds. The van der Waals surface area contributed by atoms with Gasteiger partial charge >= 0.3 is 0 Å². The van der Waals surface area contributed by atoms with Crippen LogP contribution in [0.15, 0.2) is 49.0 Å². The second-order valence-corrected chi connectivity index (χ2v) is 4.31. The molecular formula is C17H16O. The molecule has 1 N–H and O–H groups in total. The van der Waals surface area contributed by atoms with Gasteiger partial charge in [0.1, 0.15) is 5.75 Å². The molecular weight excluding hydrogens is 220 g/mol. The van der Waals surface area contributed by atoms with Crippen LogP contribution in [-0.2, 0) is 0 Å². The van der Waals surface area contributed by atoms with Gasteiger partial charge in [0.25, 0.3) is 0 Å². The third-order valence-corrected chi connectivity index (χ3v) is 2.72. The Morgan fingerprint density at radius 2 is 1.50 bits per heavy atom. The number of hydrogen-bond donors (Lipinski definition) is 1. The van der Waals surface area contributed by atoms with E-state index in [0.29, 0.717) is 5.75 Å². The fourth-order valence-electron chi connectivity index (χ4n) is 1.82. The van der Waals surface area contributed by atoms with E-state index < -0.39 is 0 Å². The van der Waals surface area contributed by atoms with Crippen LogP contribution < -0.4 is 0 Å². The van der Waals surface area contributed by atoms with Gasteiger partial charge in [-0.25, -0.2) is 0 Å². The van der Waals surface area contributed by atoms with Gasteiger partial charge in [-0.15, -0.1) is 0 Å². The van der Waals surface area contributed by atoms with E-state index in [1.165, 1.54) is 0 Å². The van der Waals surface area contributed by atoms with Crippen LogP contribution >= 0.6 is 0 Å². The van der Waals surface area contributed by atoms with Crippen molar-refractivity contribution in [2.24, 2.45) is 0 Å². The van der Waals surface area contributed by atoms with Gasteiger partial charge < -0.3 is 5.11 Å². The Kier molecular flexibility index (Phi) is 3.63. The van der Waals surface area contributed by atoms with Crippen molar-refractivity contribution in [3.8, 4) is 5.75 Å². The highest BCUT2D eigenvalue weighted by Gasteiger charge is 1.94. The van der Waals surface area contributed by atoms with Crippen molar-refractivity contribution in [1.29, 1.82) is 0 Å². The Balaban J connectivity index is 2.21. The molecule has 0 heterocycles. The average Bonchev–Trinajstić information content (AvgIpc) is 2.36. The molecule has 2 rings (SSSR count). The molecule has 0 spiro atoms. The topological polar surface area (TPSA) is 20.2 Å². The fraction of sp³-hybridized carbons (Fsp3) is 0.0588. The Bertz CT molecular complexity index is 557. The minimum Gasteiger partial charge on any atom is -0.508 e. The first kappa shape index (κ1) is 12.2. The molecule has 1 heteroatoms. The number of aromatic hydroxyl groups is 1. The Labute approximate surface area is 108 Å². The summed E-state index contributed by atoms with van der Waals surface area (Å²) in [6.07, 6.45) is 5.85. The second kappa shape index (κ2) is 5.37. The van der Waals surface area contributed by atoms with E-state index in [4.69, 9.17) is 0 Å². The predicted molar refractivity (Wildman–Crippen MR) is 78.3 cm³/mol. The summed E-state index contributed by atoms with van der Waals surface area (Å²) < 4.78 is 0. The number of aryl methyl sites for hydroxylation is 1. The molecule has 0 bridgehead atoms. The summed E-state index contributed by atoms with van der Waals surface area (Å²) in [6, 6.07) is 13.7. The summed E-state index contributed by atoms with van der Waals surface area (Å²) in [6.45, 7) is 5.70. The summed E-state index contributed by atoms with van der Waals surface area (Å²) in [5.74, 6) is 0.302. The van der Waals surface area contributed by atoms with Crippen molar-refractivity contribution >= 4 is 18.2 Å². The van der Waals surface area contributed by atoms with Gasteiger partial charge in [-0.05, 0) is 41.3 Å². The molecule has 0 radical (unpaired) electrons. The molecule has 0 atom stereocenters. The molecule has 0 aromatic heterocycles. The van der Waals surface area contributed by atoms with E-state index in [0.717, 1.165) is 22.3 Å². The molecule has 2 aromatic carbocycles.